The first-order chi connectivity index (χ1) is 15.7. The van der Waals surface area contributed by atoms with Crippen molar-refractivity contribution in [3.05, 3.63) is 60.2 Å². The number of carbonyl (C=O) groups excluding carboxylic acids is 2. The van der Waals surface area contributed by atoms with Crippen LogP contribution in [0.3, 0.4) is 0 Å². The number of hydrogen-bond donors (Lipinski definition) is 1. The molecule has 0 saturated heterocycles. The molecule has 0 fully saturated rings. The van der Waals surface area contributed by atoms with Gasteiger partial charge in [-0.15, -0.1) is 0 Å². The van der Waals surface area contributed by atoms with E-state index < -0.39 is 28.5 Å². The Hall–Kier alpha value is -3.07. The van der Waals surface area contributed by atoms with E-state index in [0.717, 1.165) is 22.5 Å². The number of amides is 2. The number of anilines is 1. The van der Waals surface area contributed by atoms with Crippen molar-refractivity contribution in [1.82, 2.24) is 10.2 Å². The lowest BCUT2D eigenvalue weighted by atomic mass is 10.1. The van der Waals surface area contributed by atoms with E-state index in [1.807, 2.05) is 37.3 Å². The average molecular weight is 476 g/mol. The molecule has 2 amide bonds. The molecular formula is C24H33N3O5S. The van der Waals surface area contributed by atoms with Crippen LogP contribution in [-0.2, 0) is 26.0 Å². The maximum atomic E-state index is 13.4. The van der Waals surface area contributed by atoms with E-state index in [1.165, 1.54) is 12.0 Å². The molecule has 0 aromatic heterocycles. The summed E-state index contributed by atoms with van der Waals surface area (Å²) in [6.45, 7) is 3.93. The van der Waals surface area contributed by atoms with Crippen LogP contribution in [0.4, 0.5) is 5.69 Å². The highest BCUT2D eigenvalue weighted by molar-refractivity contribution is 7.92. The van der Waals surface area contributed by atoms with Crippen molar-refractivity contribution in [3.63, 3.8) is 0 Å². The molecule has 1 unspecified atom stereocenters. The van der Waals surface area contributed by atoms with Gasteiger partial charge in [0.15, 0.2) is 0 Å². The zero-order valence-corrected chi connectivity index (χ0v) is 20.5. The Labute approximate surface area is 196 Å². The van der Waals surface area contributed by atoms with Crippen molar-refractivity contribution in [3.8, 4) is 5.75 Å². The van der Waals surface area contributed by atoms with Crippen LogP contribution in [0.25, 0.3) is 0 Å². The van der Waals surface area contributed by atoms with Crippen LogP contribution in [0, 0.1) is 0 Å². The van der Waals surface area contributed by atoms with Gasteiger partial charge in [-0.1, -0.05) is 49.4 Å². The van der Waals surface area contributed by atoms with Crippen LogP contribution in [-0.4, -0.2) is 64.2 Å². The number of sulfonamides is 1. The second-order valence-electron chi connectivity index (χ2n) is 7.73. The summed E-state index contributed by atoms with van der Waals surface area (Å²) in [5, 5.41) is 2.81. The molecule has 2 aromatic rings. The highest BCUT2D eigenvalue weighted by Crippen LogP contribution is 2.29. The maximum Gasteiger partial charge on any atom is 0.244 e. The number of para-hydroxylation sites is 2. The van der Waals surface area contributed by atoms with Crippen molar-refractivity contribution in [1.29, 1.82) is 0 Å². The second-order valence-corrected chi connectivity index (χ2v) is 9.64. The van der Waals surface area contributed by atoms with Crippen molar-refractivity contribution in [2.45, 2.75) is 32.7 Å². The standard InChI is InChI=1S/C24H33N3O5S/c1-5-16-25-24(29)19(2)26(17-15-20-11-7-6-8-12-20)23(28)18-27(33(4,30)31)21-13-9-10-14-22(21)32-3/h6-14,19H,5,15-18H2,1-4H3,(H,25,29). The summed E-state index contributed by atoms with van der Waals surface area (Å²) in [4.78, 5) is 27.5. The Morgan fingerprint density at radius 3 is 2.30 bits per heavy atom. The Bertz CT molecular complexity index is 1030. The van der Waals surface area contributed by atoms with Crippen LogP contribution in [0.2, 0.25) is 0 Å². The zero-order valence-electron chi connectivity index (χ0n) is 19.7. The molecule has 180 valence electrons. The Balaban J connectivity index is 2.32. The van der Waals surface area contributed by atoms with Gasteiger partial charge in [-0.3, -0.25) is 13.9 Å². The molecule has 9 heteroatoms. The van der Waals surface area contributed by atoms with Crippen molar-refractivity contribution >= 4 is 27.5 Å². The third-order valence-corrected chi connectivity index (χ3v) is 6.36. The van der Waals surface area contributed by atoms with Gasteiger partial charge in [0.2, 0.25) is 21.8 Å². The Morgan fingerprint density at radius 1 is 1.06 bits per heavy atom. The summed E-state index contributed by atoms with van der Waals surface area (Å²) < 4.78 is 31.5. The topological polar surface area (TPSA) is 96.0 Å². The molecule has 1 N–H and O–H groups in total. The first-order valence-electron chi connectivity index (χ1n) is 10.9. The van der Waals surface area contributed by atoms with E-state index in [9.17, 15) is 18.0 Å². The van der Waals surface area contributed by atoms with E-state index in [0.29, 0.717) is 18.7 Å². The van der Waals surface area contributed by atoms with Crippen molar-refractivity contribution < 1.29 is 22.7 Å². The van der Waals surface area contributed by atoms with Crippen LogP contribution < -0.4 is 14.4 Å². The number of ether oxygens (including phenoxy) is 1. The number of nitrogens with one attached hydrogen (secondary N) is 1. The molecule has 0 bridgehead atoms. The van der Waals surface area contributed by atoms with Gasteiger partial charge in [-0.2, -0.15) is 0 Å². The van der Waals surface area contributed by atoms with Gasteiger partial charge in [-0.05, 0) is 37.5 Å². The first kappa shape index (κ1) is 26.2. The molecule has 0 heterocycles. The highest BCUT2D eigenvalue weighted by Gasteiger charge is 2.30. The van der Waals surface area contributed by atoms with E-state index >= 15 is 0 Å². The van der Waals surface area contributed by atoms with E-state index in [4.69, 9.17) is 4.74 Å². The fourth-order valence-corrected chi connectivity index (χ4v) is 4.25. The van der Waals surface area contributed by atoms with Crippen molar-refractivity contribution in [2.24, 2.45) is 0 Å². The summed E-state index contributed by atoms with van der Waals surface area (Å²) in [7, 11) is -2.36. The van der Waals surface area contributed by atoms with Gasteiger partial charge in [0.1, 0.15) is 18.3 Å². The molecular weight excluding hydrogens is 442 g/mol. The minimum Gasteiger partial charge on any atom is -0.495 e. The average Bonchev–Trinajstić information content (AvgIpc) is 2.80. The predicted molar refractivity (Wildman–Crippen MR) is 130 cm³/mol. The molecule has 0 spiro atoms. The third kappa shape index (κ3) is 7.49. The summed E-state index contributed by atoms with van der Waals surface area (Å²) in [6, 6.07) is 15.5. The molecule has 0 aliphatic carbocycles. The summed E-state index contributed by atoms with van der Waals surface area (Å²) in [5.41, 5.74) is 1.28. The van der Waals surface area contributed by atoms with Gasteiger partial charge >= 0.3 is 0 Å². The summed E-state index contributed by atoms with van der Waals surface area (Å²) >= 11 is 0. The molecule has 2 aromatic carbocycles. The predicted octanol–water partition coefficient (Wildman–Crippen LogP) is 2.45. The van der Waals surface area contributed by atoms with E-state index in [2.05, 4.69) is 5.32 Å². The molecule has 2 rings (SSSR count). The minimum atomic E-state index is -3.80. The SMILES string of the molecule is CCCNC(=O)C(C)N(CCc1ccccc1)C(=O)CN(c1ccccc1OC)S(C)(=O)=O. The normalized spacial score (nSPS) is 12.0. The lowest BCUT2D eigenvalue weighted by Gasteiger charge is -2.31. The maximum absolute atomic E-state index is 13.4. The quantitative estimate of drug-likeness (QED) is 0.509. The van der Waals surface area contributed by atoms with Gasteiger partial charge < -0.3 is 15.0 Å². The minimum absolute atomic E-state index is 0.266. The van der Waals surface area contributed by atoms with Crippen LogP contribution in [0.15, 0.2) is 54.6 Å². The summed E-state index contributed by atoms with van der Waals surface area (Å²) in [5.74, 6) is -0.414. The molecule has 1 atom stereocenters. The van der Waals surface area contributed by atoms with Gasteiger partial charge in [0.05, 0.1) is 19.1 Å². The number of hydrogen-bond acceptors (Lipinski definition) is 5. The third-order valence-electron chi connectivity index (χ3n) is 5.23. The Kier molecular flexibility index (Phi) is 9.72. The fourth-order valence-electron chi connectivity index (χ4n) is 3.40. The highest BCUT2D eigenvalue weighted by atomic mass is 32.2. The van der Waals surface area contributed by atoms with E-state index in [-0.39, 0.29) is 18.1 Å². The molecule has 0 aliphatic heterocycles. The zero-order chi connectivity index (χ0) is 24.4. The number of methoxy groups -OCH3 is 1. The van der Waals surface area contributed by atoms with Crippen LogP contribution in [0.5, 0.6) is 5.75 Å². The monoisotopic (exact) mass is 475 g/mol. The largest absolute Gasteiger partial charge is 0.495 e. The fraction of sp³-hybridized carbons (Fsp3) is 0.417. The molecule has 33 heavy (non-hydrogen) atoms. The number of carbonyl (C=O) groups is 2. The summed E-state index contributed by atoms with van der Waals surface area (Å²) in [6.07, 6.45) is 2.34. The molecule has 0 saturated carbocycles. The van der Waals surface area contributed by atoms with Gasteiger partial charge in [-0.25, -0.2) is 8.42 Å². The van der Waals surface area contributed by atoms with E-state index in [1.54, 1.807) is 31.2 Å². The van der Waals surface area contributed by atoms with Crippen LogP contribution in [0.1, 0.15) is 25.8 Å². The van der Waals surface area contributed by atoms with Gasteiger partial charge in [0, 0.05) is 13.1 Å². The molecule has 0 aliphatic rings. The molecule has 8 nitrogen and oxygen atoms in total. The lowest BCUT2D eigenvalue weighted by molar-refractivity contribution is -0.138. The lowest BCUT2D eigenvalue weighted by Crippen LogP contribution is -2.52. The number of rotatable bonds is 12. The van der Waals surface area contributed by atoms with Crippen LogP contribution >= 0.6 is 0 Å². The Morgan fingerprint density at radius 2 is 1.70 bits per heavy atom. The number of nitrogens with zero attached hydrogens (tertiary/aromatic N) is 2. The number of benzene rings is 2. The van der Waals surface area contributed by atoms with Crippen molar-refractivity contribution in [2.75, 3.05) is 37.3 Å². The second kappa shape index (κ2) is 12.2. The first-order valence-corrected chi connectivity index (χ1v) is 12.8. The molecule has 0 radical (unpaired) electrons. The smallest absolute Gasteiger partial charge is 0.244 e. The van der Waals surface area contributed by atoms with Gasteiger partial charge in [0.25, 0.3) is 0 Å².